The van der Waals surface area contributed by atoms with Crippen LogP contribution in [0.15, 0.2) is 18.3 Å². The van der Waals surface area contributed by atoms with Gasteiger partial charge in [-0.05, 0) is 24.5 Å². The van der Waals surface area contributed by atoms with Gasteiger partial charge < -0.3 is 19.1 Å². The normalized spacial score (nSPS) is 13.2. The number of nitrogens with zero attached hydrogens (tertiary/aromatic N) is 2. The van der Waals surface area contributed by atoms with Gasteiger partial charge in [0.1, 0.15) is 0 Å². The second kappa shape index (κ2) is 10.8. The van der Waals surface area contributed by atoms with Crippen molar-refractivity contribution in [2.75, 3.05) is 40.0 Å². The zero-order valence-electron chi connectivity index (χ0n) is 14.5. The second-order valence-corrected chi connectivity index (χ2v) is 6.28. The maximum absolute atomic E-state index is 10.2. The van der Waals surface area contributed by atoms with Crippen LogP contribution in [0.25, 0.3) is 0 Å². The van der Waals surface area contributed by atoms with Gasteiger partial charge in [0.25, 0.3) is 0 Å². The molecule has 0 aliphatic carbocycles. The first-order valence-electron chi connectivity index (χ1n) is 8.10. The molecule has 0 saturated heterocycles. The van der Waals surface area contributed by atoms with Crippen molar-refractivity contribution in [3.8, 4) is 0 Å². The van der Waals surface area contributed by atoms with Crippen LogP contribution in [-0.2, 0) is 23.1 Å². The number of hydrogen-bond donors (Lipinski definition) is 1. The summed E-state index contributed by atoms with van der Waals surface area (Å²) in [5.74, 6) is 0.494. The van der Waals surface area contributed by atoms with Crippen LogP contribution < -0.4 is 0 Å². The summed E-state index contributed by atoms with van der Waals surface area (Å²) >= 11 is 0. The van der Waals surface area contributed by atoms with Crippen molar-refractivity contribution in [1.82, 2.24) is 9.47 Å². The summed E-state index contributed by atoms with van der Waals surface area (Å²) in [6.45, 7) is 8.40. The van der Waals surface area contributed by atoms with E-state index in [1.165, 1.54) is 5.69 Å². The van der Waals surface area contributed by atoms with Crippen molar-refractivity contribution in [2.45, 2.75) is 32.9 Å². The fraction of sp³-hybridized carbons (Fsp3) is 0.765. The predicted molar refractivity (Wildman–Crippen MR) is 88.8 cm³/mol. The lowest BCUT2D eigenvalue weighted by Gasteiger charge is -2.25. The third kappa shape index (κ3) is 7.94. The molecule has 5 heteroatoms. The van der Waals surface area contributed by atoms with E-state index in [2.05, 4.69) is 29.4 Å². The fourth-order valence-electron chi connectivity index (χ4n) is 2.35. The van der Waals surface area contributed by atoms with E-state index < -0.39 is 6.10 Å². The third-order valence-electron chi connectivity index (χ3n) is 3.49. The van der Waals surface area contributed by atoms with Crippen molar-refractivity contribution in [3.63, 3.8) is 0 Å². The van der Waals surface area contributed by atoms with Gasteiger partial charge in [-0.2, -0.15) is 0 Å². The molecule has 0 saturated carbocycles. The lowest BCUT2D eigenvalue weighted by atomic mass is 10.2. The van der Waals surface area contributed by atoms with Gasteiger partial charge in [0.2, 0.25) is 0 Å². The van der Waals surface area contributed by atoms with E-state index >= 15 is 0 Å². The third-order valence-corrected chi connectivity index (χ3v) is 3.49. The van der Waals surface area contributed by atoms with Gasteiger partial charge in [0.15, 0.2) is 0 Å². The van der Waals surface area contributed by atoms with Crippen molar-refractivity contribution in [1.29, 1.82) is 0 Å². The number of ether oxygens (including phenoxy) is 2. The second-order valence-electron chi connectivity index (χ2n) is 6.28. The molecule has 1 aromatic rings. The maximum atomic E-state index is 10.2. The number of aromatic nitrogens is 1. The molecule has 0 bridgehead atoms. The molecule has 128 valence electrons. The molecule has 0 radical (unpaired) electrons. The first-order chi connectivity index (χ1) is 10.5. The Kier molecular flexibility index (Phi) is 9.39. The van der Waals surface area contributed by atoms with Gasteiger partial charge in [-0.15, -0.1) is 0 Å². The molecule has 0 fully saturated rings. The Morgan fingerprint density at radius 2 is 2.09 bits per heavy atom. The number of aliphatic hydroxyl groups excluding tert-OH is 1. The molecule has 0 aliphatic heterocycles. The number of aryl methyl sites for hydroxylation is 1. The quantitative estimate of drug-likeness (QED) is 0.599. The van der Waals surface area contributed by atoms with Crippen LogP contribution in [0.3, 0.4) is 0 Å². The van der Waals surface area contributed by atoms with E-state index in [9.17, 15) is 5.11 Å². The lowest BCUT2D eigenvalue weighted by Crippen LogP contribution is -2.36. The predicted octanol–water partition coefficient (Wildman–Crippen LogP) is 1.90. The molecule has 0 amide bonds. The van der Waals surface area contributed by atoms with Gasteiger partial charge in [-0.3, -0.25) is 4.90 Å². The minimum absolute atomic E-state index is 0.395. The van der Waals surface area contributed by atoms with Crippen molar-refractivity contribution in [2.24, 2.45) is 13.0 Å². The van der Waals surface area contributed by atoms with Crippen molar-refractivity contribution in [3.05, 3.63) is 24.0 Å². The summed E-state index contributed by atoms with van der Waals surface area (Å²) in [6, 6.07) is 4.16. The Morgan fingerprint density at radius 3 is 2.68 bits per heavy atom. The lowest BCUT2D eigenvalue weighted by molar-refractivity contribution is 0.00551. The number of methoxy groups -OCH3 is 1. The van der Waals surface area contributed by atoms with Gasteiger partial charge in [-0.25, -0.2) is 0 Å². The zero-order chi connectivity index (χ0) is 16.4. The summed E-state index contributed by atoms with van der Waals surface area (Å²) in [5.41, 5.74) is 1.24. The fourth-order valence-corrected chi connectivity index (χ4v) is 2.35. The van der Waals surface area contributed by atoms with Crippen LogP contribution in [0.5, 0.6) is 0 Å². The van der Waals surface area contributed by atoms with Gasteiger partial charge in [0.05, 0.1) is 12.7 Å². The van der Waals surface area contributed by atoms with Gasteiger partial charge in [-0.1, -0.05) is 13.8 Å². The highest BCUT2D eigenvalue weighted by atomic mass is 16.5. The van der Waals surface area contributed by atoms with Gasteiger partial charge in [0, 0.05) is 58.9 Å². The molecular formula is C17H32N2O3. The summed E-state index contributed by atoms with van der Waals surface area (Å²) in [7, 11) is 3.76. The molecule has 1 N–H and O–H groups in total. The first-order valence-corrected chi connectivity index (χ1v) is 8.10. The Balaban J connectivity index is 2.44. The molecule has 0 spiro atoms. The Labute approximate surface area is 134 Å². The number of aliphatic hydroxyl groups is 1. The topological polar surface area (TPSA) is 46.9 Å². The first kappa shape index (κ1) is 19.2. The van der Waals surface area contributed by atoms with Crippen molar-refractivity contribution >= 4 is 0 Å². The molecule has 1 unspecified atom stereocenters. The molecule has 22 heavy (non-hydrogen) atoms. The Bertz CT molecular complexity index is 393. The van der Waals surface area contributed by atoms with Gasteiger partial charge >= 0.3 is 0 Å². The van der Waals surface area contributed by atoms with Crippen LogP contribution in [0.1, 0.15) is 26.0 Å². The zero-order valence-corrected chi connectivity index (χ0v) is 14.5. The number of hydrogen-bond acceptors (Lipinski definition) is 4. The van der Waals surface area contributed by atoms with E-state index in [1.54, 1.807) is 7.11 Å². The molecule has 1 aromatic heterocycles. The summed E-state index contributed by atoms with van der Waals surface area (Å²) in [4.78, 5) is 2.26. The van der Waals surface area contributed by atoms with E-state index in [-0.39, 0.29) is 0 Å². The highest BCUT2D eigenvalue weighted by Crippen LogP contribution is 2.07. The highest BCUT2D eigenvalue weighted by Gasteiger charge is 2.14. The largest absolute Gasteiger partial charge is 0.389 e. The molecular weight excluding hydrogens is 280 g/mol. The van der Waals surface area contributed by atoms with E-state index in [0.29, 0.717) is 25.7 Å². The van der Waals surface area contributed by atoms with E-state index in [4.69, 9.17) is 9.47 Å². The molecule has 1 heterocycles. The van der Waals surface area contributed by atoms with Crippen molar-refractivity contribution < 1.29 is 14.6 Å². The molecule has 0 aromatic carbocycles. The monoisotopic (exact) mass is 312 g/mol. The average molecular weight is 312 g/mol. The smallest absolute Gasteiger partial charge is 0.0900 e. The summed E-state index contributed by atoms with van der Waals surface area (Å²) in [6.07, 6.45) is 2.55. The SMILES string of the molecule is COCCCN(Cc1cccn1C)CC(O)COCC(C)C. The van der Waals surface area contributed by atoms with Crippen LogP contribution in [0.2, 0.25) is 0 Å². The van der Waals surface area contributed by atoms with Crippen LogP contribution in [-0.4, -0.2) is 60.7 Å². The van der Waals surface area contributed by atoms with E-state index in [1.807, 2.05) is 19.3 Å². The minimum atomic E-state index is -0.457. The Morgan fingerprint density at radius 1 is 1.32 bits per heavy atom. The molecule has 1 atom stereocenters. The summed E-state index contributed by atoms with van der Waals surface area (Å²) < 4.78 is 12.8. The standard InChI is InChI=1S/C17H32N2O3/c1-15(2)13-22-14-17(20)12-19(9-6-10-21-4)11-16-7-5-8-18(16)3/h5,7-8,15,17,20H,6,9-14H2,1-4H3. The van der Waals surface area contributed by atoms with Crippen LogP contribution in [0, 0.1) is 5.92 Å². The molecule has 5 nitrogen and oxygen atoms in total. The molecule has 1 rings (SSSR count). The van der Waals surface area contributed by atoms with Crippen LogP contribution >= 0.6 is 0 Å². The number of rotatable bonds is 12. The average Bonchev–Trinajstić information content (AvgIpc) is 2.84. The summed E-state index contributed by atoms with van der Waals surface area (Å²) in [5, 5.41) is 10.2. The van der Waals surface area contributed by atoms with E-state index in [0.717, 1.165) is 26.1 Å². The van der Waals surface area contributed by atoms with Crippen LogP contribution in [0.4, 0.5) is 0 Å². The Hall–Kier alpha value is -0.880. The molecule has 0 aliphatic rings. The highest BCUT2D eigenvalue weighted by molar-refractivity contribution is 5.06. The maximum Gasteiger partial charge on any atom is 0.0900 e. The minimum Gasteiger partial charge on any atom is -0.389 e.